The van der Waals surface area contributed by atoms with E-state index in [4.69, 9.17) is 10.8 Å². The Morgan fingerprint density at radius 2 is 1.90 bits per heavy atom. The first-order chi connectivity index (χ1) is 14.0. The molecule has 3 N–H and O–H groups in total. The molecule has 148 valence electrons. The van der Waals surface area contributed by atoms with E-state index in [9.17, 15) is 9.59 Å². The van der Waals surface area contributed by atoms with Gasteiger partial charge in [-0.25, -0.2) is 4.79 Å². The zero-order valence-electron chi connectivity index (χ0n) is 16.2. The molecule has 3 aromatic carbocycles. The van der Waals surface area contributed by atoms with Crippen LogP contribution in [0.4, 0.5) is 0 Å². The van der Waals surface area contributed by atoms with Crippen molar-refractivity contribution in [2.24, 2.45) is 5.73 Å². The van der Waals surface area contributed by atoms with Gasteiger partial charge in [-0.05, 0) is 52.4 Å². The maximum atomic E-state index is 11.2. The second-order valence-corrected chi connectivity index (χ2v) is 6.81. The number of carboxylic acids is 1. The number of esters is 1. The summed E-state index contributed by atoms with van der Waals surface area (Å²) >= 11 is 0. The van der Waals surface area contributed by atoms with Crippen LogP contribution in [-0.2, 0) is 22.4 Å². The van der Waals surface area contributed by atoms with E-state index in [1.807, 2.05) is 0 Å². The molecule has 3 aromatic rings. The van der Waals surface area contributed by atoms with Gasteiger partial charge in [-0.1, -0.05) is 60.7 Å². The van der Waals surface area contributed by atoms with Crippen LogP contribution in [0, 0.1) is 0 Å². The van der Waals surface area contributed by atoms with E-state index >= 15 is 0 Å². The number of benzene rings is 3. The normalized spacial score (nSPS) is 12.6. The number of nitrogens with two attached hydrogens (primary N) is 1. The summed E-state index contributed by atoms with van der Waals surface area (Å²) in [5.74, 6) is -1.52. The molecule has 0 saturated carbocycles. The Labute approximate surface area is 169 Å². The van der Waals surface area contributed by atoms with Crippen molar-refractivity contribution in [1.29, 1.82) is 0 Å². The summed E-state index contributed by atoms with van der Waals surface area (Å²) in [4.78, 5) is 21.8. The van der Waals surface area contributed by atoms with Crippen LogP contribution in [0.5, 0.6) is 0 Å². The highest BCUT2D eigenvalue weighted by Gasteiger charge is 2.13. The van der Waals surface area contributed by atoms with Crippen molar-refractivity contribution in [3.63, 3.8) is 0 Å². The third-order valence-electron chi connectivity index (χ3n) is 4.80. The van der Waals surface area contributed by atoms with E-state index in [1.165, 1.54) is 29.0 Å². The predicted molar refractivity (Wildman–Crippen MR) is 114 cm³/mol. The first kappa shape index (κ1) is 20.3. The summed E-state index contributed by atoms with van der Waals surface area (Å²) in [7, 11) is 1.29. The molecular weight excluding hydrogens is 366 g/mol. The van der Waals surface area contributed by atoms with Crippen molar-refractivity contribution in [2.45, 2.75) is 18.9 Å². The van der Waals surface area contributed by atoms with Gasteiger partial charge in [0.1, 0.15) is 6.04 Å². The third kappa shape index (κ3) is 4.89. The highest BCUT2D eigenvalue weighted by Crippen LogP contribution is 2.27. The van der Waals surface area contributed by atoms with E-state index in [1.54, 1.807) is 24.3 Å². The van der Waals surface area contributed by atoms with Gasteiger partial charge < -0.3 is 15.6 Å². The molecule has 0 aromatic heterocycles. The summed E-state index contributed by atoms with van der Waals surface area (Å²) in [6.45, 7) is 0. The molecule has 5 nitrogen and oxygen atoms in total. The molecule has 0 fully saturated rings. The minimum atomic E-state index is -1.07. The monoisotopic (exact) mass is 389 g/mol. The lowest BCUT2D eigenvalue weighted by atomic mass is 10.0. The molecule has 0 bridgehead atoms. The van der Waals surface area contributed by atoms with Crippen LogP contribution < -0.4 is 5.73 Å². The molecule has 0 saturated heterocycles. The molecule has 5 heteroatoms. The second kappa shape index (κ2) is 9.17. The van der Waals surface area contributed by atoms with Crippen LogP contribution in [0.15, 0.2) is 66.7 Å². The Morgan fingerprint density at radius 1 is 1.10 bits per heavy atom. The molecule has 1 aliphatic carbocycles. The smallest absolute Gasteiger partial charge is 0.337 e. The number of carbonyl (C=O) groups is 2. The van der Waals surface area contributed by atoms with Gasteiger partial charge in [0, 0.05) is 0 Å². The van der Waals surface area contributed by atoms with Crippen LogP contribution >= 0.6 is 0 Å². The Balaban J connectivity index is 0.000000168. The summed E-state index contributed by atoms with van der Waals surface area (Å²) in [6.07, 6.45) is 5.75. The number of ether oxygens (including phenoxy) is 1. The topological polar surface area (TPSA) is 89.6 Å². The zero-order chi connectivity index (χ0) is 20.8. The van der Waals surface area contributed by atoms with Gasteiger partial charge in [0.15, 0.2) is 0 Å². The molecule has 0 amide bonds. The highest BCUT2D eigenvalue weighted by atomic mass is 16.5. The van der Waals surface area contributed by atoms with Crippen molar-refractivity contribution < 1.29 is 19.4 Å². The number of hydrogen-bond donors (Lipinski definition) is 2. The fourth-order valence-corrected chi connectivity index (χ4v) is 3.30. The zero-order valence-corrected chi connectivity index (χ0v) is 16.2. The van der Waals surface area contributed by atoms with Gasteiger partial charge in [-0.2, -0.15) is 0 Å². The van der Waals surface area contributed by atoms with Crippen molar-refractivity contribution in [2.75, 3.05) is 7.11 Å². The fourth-order valence-electron chi connectivity index (χ4n) is 3.30. The summed E-state index contributed by atoms with van der Waals surface area (Å²) in [6, 6.07) is 18.6. The van der Waals surface area contributed by atoms with Crippen molar-refractivity contribution in [3.05, 3.63) is 89.0 Å². The Hall–Kier alpha value is -3.44. The van der Waals surface area contributed by atoms with Crippen LogP contribution in [0.25, 0.3) is 16.8 Å². The molecule has 0 aliphatic heterocycles. The number of methoxy groups -OCH3 is 1. The average molecular weight is 389 g/mol. The SMILES string of the molecule is C1=Cc2c(ccc3ccccc23)C1.COC(=O)c1cccc(C[C@H](N)C(=O)O)c1. The molecule has 4 rings (SSSR count). The number of aliphatic carboxylic acids is 1. The number of hydrogen-bond acceptors (Lipinski definition) is 4. The largest absolute Gasteiger partial charge is 0.480 e. The number of rotatable bonds is 4. The molecule has 0 heterocycles. The summed E-state index contributed by atoms with van der Waals surface area (Å²) in [5, 5.41) is 11.4. The minimum absolute atomic E-state index is 0.181. The van der Waals surface area contributed by atoms with Gasteiger partial charge >= 0.3 is 11.9 Å². The molecule has 29 heavy (non-hydrogen) atoms. The van der Waals surface area contributed by atoms with Gasteiger partial charge in [0.25, 0.3) is 0 Å². The lowest BCUT2D eigenvalue weighted by Crippen LogP contribution is -2.32. The molecule has 1 atom stereocenters. The van der Waals surface area contributed by atoms with Crippen molar-refractivity contribution >= 4 is 28.8 Å². The number of carbonyl (C=O) groups excluding carboxylic acids is 1. The van der Waals surface area contributed by atoms with E-state index in [0.717, 1.165) is 6.42 Å². The van der Waals surface area contributed by atoms with E-state index in [-0.39, 0.29) is 6.42 Å². The maximum Gasteiger partial charge on any atom is 0.337 e. The van der Waals surface area contributed by atoms with E-state index in [0.29, 0.717) is 11.1 Å². The van der Waals surface area contributed by atoms with Crippen LogP contribution in [0.2, 0.25) is 0 Å². The molecule has 0 unspecified atom stereocenters. The number of allylic oxidation sites excluding steroid dienone is 1. The lowest BCUT2D eigenvalue weighted by molar-refractivity contribution is -0.138. The van der Waals surface area contributed by atoms with E-state index < -0.39 is 18.0 Å². The van der Waals surface area contributed by atoms with Crippen molar-refractivity contribution in [3.8, 4) is 0 Å². The molecule has 0 spiro atoms. The first-order valence-corrected chi connectivity index (χ1v) is 9.32. The van der Waals surface area contributed by atoms with Gasteiger partial charge in [-0.3, -0.25) is 4.79 Å². The van der Waals surface area contributed by atoms with Gasteiger partial charge in [-0.15, -0.1) is 0 Å². The fraction of sp³-hybridized carbons (Fsp3) is 0.167. The third-order valence-corrected chi connectivity index (χ3v) is 4.80. The Kier molecular flexibility index (Phi) is 6.42. The second-order valence-electron chi connectivity index (χ2n) is 6.81. The Bertz CT molecular complexity index is 1070. The van der Waals surface area contributed by atoms with Gasteiger partial charge in [0.2, 0.25) is 0 Å². The standard InChI is InChI=1S/C13H10.C11H13NO4/c1-2-6-12-10(4-1)8-9-11-5-3-7-13(11)12;1-16-11(15)8-4-2-3-7(5-8)6-9(12)10(13)14/h1-4,6-9H,5H2;2-5,9H,6,12H2,1H3,(H,13,14)/t;9-/m.0/s1. The maximum absolute atomic E-state index is 11.2. The summed E-state index contributed by atoms with van der Waals surface area (Å²) < 4.78 is 4.56. The van der Waals surface area contributed by atoms with Crippen LogP contribution in [0.3, 0.4) is 0 Å². The summed E-state index contributed by atoms with van der Waals surface area (Å²) in [5.41, 5.74) is 9.34. The Morgan fingerprint density at radius 3 is 2.66 bits per heavy atom. The lowest BCUT2D eigenvalue weighted by Gasteiger charge is -2.07. The minimum Gasteiger partial charge on any atom is -0.480 e. The number of carboxylic acid groups (broad SMARTS) is 1. The quantitative estimate of drug-likeness (QED) is 0.662. The predicted octanol–water partition coefficient (Wildman–Crippen LogP) is 3.84. The van der Waals surface area contributed by atoms with Gasteiger partial charge in [0.05, 0.1) is 12.7 Å². The highest BCUT2D eigenvalue weighted by molar-refractivity contribution is 5.93. The van der Waals surface area contributed by atoms with E-state index in [2.05, 4.69) is 53.3 Å². The number of fused-ring (bicyclic) bond motifs is 3. The molecular formula is C24H23NO4. The van der Waals surface area contributed by atoms with Crippen molar-refractivity contribution in [1.82, 2.24) is 0 Å². The van der Waals surface area contributed by atoms with Crippen LogP contribution in [0.1, 0.15) is 27.0 Å². The molecule has 0 radical (unpaired) electrons. The molecule has 1 aliphatic rings. The average Bonchev–Trinajstić information content (AvgIpc) is 3.23. The van der Waals surface area contributed by atoms with Crippen LogP contribution in [-0.4, -0.2) is 30.2 Å². The first-order valence-electron chi connectivity index (χ1n) is 9.32.